The van der Waals surface area contributed by atoms with E-state index in [1.54, 1.807) is 7.11 Å². The summed E-state index contributed by atoms with van der Waals surface area (Å²) in [6.07, 6.45) is 3.67. The Hall–Kier alpha value is -0.120. The molecule has 0 amide bonds. The van der Waals surface area contributed by atoms with E-state index in [1.807, 2.05) is 0 Å². The number of likely N-dealkylation sites (tertiary alicyclic amines) is 1. The highest BCUT2D eigenvalue weighted by Crippen LogP contribution is 2.23. The summed E-state index contributed by atoms with van der Waals surface area (Å²) in [5.74, 6) is 0.748. The number of hydrogen-bond acceptors (Lipinski definition) is 3. The van der Waals surface area contributed by atoms with Crippen LogP contribution in [0.15, 0.2) is 0 Å². The number of nitrogens with zero attached hydrogens (tertiary/aromatic N) is 1. The molecule has 0 spiro atoms. The van der Waals surface area contributed by atoms with Crippen molar-refractivity contribution in [2.24, 2.45) is 5.92 Å². The quantitative estimate of drug-likeness (QED) is 0.692. The van der Waals surface area contributed by atoms with Crippen LogP contribution in [0.3, 0.4) is 0 Å². The number of hydrogen-bond donors (Lipinski definition) is 1. The highest BCUT2D eigenvalue weighted by molar-refractivity contribution is 4.88. The third-order valence-electron chi connectivity index (χ3n) is 4.15. The molecule has 0 saturated carbocycles. The predicted octanol–water partition coefficient (Wildman–Crippen LogP) is 2.12. The summed E-state index contributed by atoms with van der Waals surface area (Å²) in [5, 5.41) is 3.69. The molecule has 1 aliphatic rings. The summed E-state index contributed by atoms with van der Waals surface area (Å²) >= 11 is 0. The van der Waals surface area contributed by atoms with Gasteiger partial charge in [0.05, 0.1) is 0 Å². The maximum absolute atomic E-state index is 5.13. The van der Waals surface area contributed by atoms with Crippen molar-refractivity contribution in [1.29, 1.82) is 0 Å². The van der Waals surface area contributed by atoms with Crippen LogP contribution in [-0.4, -0.2) is 50.3 Å². The largest absolute Gasteiger partial charge is 0.385 e. The van der Waals surface area contributed by atoms with Gasteiger partial charge in [-0.25, -0.2) is 0 Å². The third-order valence-corrected chi connectivity index (χ3v) is 4.15. The first-order chi connectivity index (χ1) is 8.20. The Balaban J connectivity index is 2.33. The summed E-state index contributed by atoms with van der Waals surface area (Å²) in [6.45, 7) is 11.5. The van der Waals surface area contributed by atoms with Gasteiger partial charge in [-0.15, -0.1) is 0 Å². The minimum Gasteiger partial charge on any atom is -0.385 e. The molecule has 17 heavy (non-hydrogen) atoms. The number of nitrogens with one attached hydrogen (secondary N) is 1. The van der Waals surface area contributed by atoms with Crippen LogP contribution < -0.4 is 5.32 Å². The molecule has 1 rings (SSSR count). The van der Waals surface area contributed by atoms with E-state index in [1.165, 1.54) is 25.9 Å². The van der Waals surface area contributed by atoms with Gasteiger partial charge in [0.25, 0.3) is 0 Å². The van der Waals surface area contributed by atoms with E-state index < -0.39 is 0 Å². The van der Waals surface area contributed by atoms with Gasteiger partial charge in [-0.1, -0.05) is 13.8 Å². The van der Waals surface area contributed by atoms with E-state index in [0.29, 0.717) is 12.1 Å². The summed E-state index contributed by atoms with van der Waals surface area (Å²) < 4.78 is 5.13. The second-order valence-electron chi connectivity index (χ2n) is 5.33. The lowest BCUT2D eigenvalue weighted by Gasteiger charge is -2.43. The van der Waals surface area contributed by atoms with Gasteiger partial charge in [0, 0.05) is 32.3 Å². The molecular formula is C14H30N2O. The maximum Gasteiger partial charge on any atom is 0.0474 e. The van der Waals surface area contributed by atoms with Crippen molar-refractivity contribution in [3.63, 3.8) is 0 Å². The fraction of sp³-hybridized carbons (Fsp3) is 1.00. The SMILES string of the molecule is CCCNC1CCN(CCCOC)C(C)C1C. The van der Waals surface area contributed by atoms with Gasteiger partial charge in [0.2, 0.25) is 0 Å². The van der Waals surface area contributed by atoms with Crippen LogP contribution in [0.25, 0.3) is 0 Å². The molecular weight excluding hydrogens is 212 g/mol. The van der Waals surface area contributed by atoms with E-state index >= 15 is 0 Å². The molecule has 1 fully saturated rings. The normalized spacial score (nSPS) is 30.7. The number of piperidine rings is 1. The van der Waals surface area contributed by atoms with Gasteiger partial charge in [-0.2, -0.15) is 0 Å². The maximum atomic E-state index is 5.13. The molecule has 0 aromatic rings. The zero-order valence-electron chi connectivity index (χ0n) is 12.0. The van der Waals surface area contributed by atoms with Crippen LogP contribution in [0.2, 0.25) is 0 Å². The first-order valence-corrected chi connectivity index (χ1v) is 7.17. The Morgan fingerprint density at radius 1 is 1.35 bits per heavy atom. The van der Waals surface area contributed by atoms with Gasteiger partial charge >= 0.3 is 0 Å². The van der Waals surface area contributed by atoms with Gasteiger partial charge in [-0.3, -0.25) is 0 Å². The Labute approximate surface area is 107 Å². The molecule has 1 saturated heterocycles. The fourth-order valence-corrected chi connectivity index (χ4v) is 2.79. The average Bonchev–Trinajstić information content (AvgIpc) is 2.34. The second kappa shape index (κ2) is 8.06. The smallest absolute Gasteiger partial charge is 0.0474 e. The summed E-state index contributed by atoms with van der Waals surface area (Å²) in [5.41, 5.74) is 0. The van der Waals surface area contributed by atoms with E-state index in [-0.39, 0.29) is 0 Å². The predicted molar refractivity (Wildman–Crippen MR) is 73.4 cm³/mol. The van der Waals surface area contributed by atoms with E-state index in [0.717, 1.165) is 25.5 Å². The highest BCUT2D eigenvalue weighted by atomic mass is 16.5. The molecule has 1 N–H and O–H groups in total. The summed E-state index contributed by atoms with van der Waals surface area (Å²) in [4.78, 5) is 2.62. The van der Waals surface area contributed by atoms with Crippen LogP contribution in [0.1, 0.15) is 40.0 Å². The van der Waals surface area contributed by atoms with Crippen LogP contribution >= 0.6 is 0 Å². The fourth-order valence-electron chi connectivity index (χ4n) is 2.79. The highest BCUT2D eigenvalue weighted by Gasteiger charge is 2.31. The monoisotopic (exact) mass is 242 g/mol. The van der Waals surface area contributed by atoms with Crippen LogP contribution in [-0.2, 0) is 4.74 Å². The van der Waals surface area contributed by atoms with Crippen molar-refractivity contribution in [2.45, 2.75) is 52.1 Å². The molecule has 0 aromatic carbocycles. The lowest BCUT2D eigenvalue weighted by atomic mass is 9.87. The van der Waals surface area contributed by atoms with Crippen LogP contribution in [0, 0.1) is 5.92 Å². The molecule has 102 valence electrons. The number of methoxy groups -OCH3 is 1. The Bertz CT molecular complexity index is 197. The van der Waals surface area contributed by atoms with Gasteiger partial charge < -0.3 is 15.0 Å². The molecule has 1 heterocycles. The standard InChI is InChI=1S/C14H30N2O/c1-5-8-15-14-7-10-16(9-6-11-17-4)13(3)12(14)2/h12-15H,5-11H2,1-4H3. The van der Waals surface area contributed by atoms with Gasteiger partial charge in [0.15, 0.2) is 0 Å². The Morgan fingerprint density at radius 3 is 2.76 bits per heavy atom. The Kier molecular flexibility index (Phi) is 7.09. The second-order valence-corrected chi connectivity index (χ2v) is 5.33. The topological polar surface area (TPSA) is 24.5 Å². The Morgan fingerprint density at radius 2 is 2.12 bits per heavy atom. The van der Waals surface area contributed by atoms with Gasteiger partial charge in [0.1, 0.15) is 0 Å². The molecule has 0 radical (unpaired) electrons. The van der Waals surface area contributed by atoms with Gasteiger partial charge in [-0.05, 0) is 45.2 Å². The molecule has 3 heteroatoms. The lowest BCUT2D eigenvalue weighted by Crippen LogP contribution is -2.53. The lowest BCUT2D eigenvalue weighted by molar-refractivity contribution is 0.0746. The first-order valence-electron chi connectivity index (χ1n) is 7.17. The van der Waals surface area contributed by atoms with Crippen molar-refractivity contribution >= 4 is 0 Å². The molecule has 3 atom stereocenters. The minimum absolute atomic E-state index is 0.690. The van der Waals surface area contributed by atoms with Crippen molar-refractivity contribution in [2.75, 3.05) is 33.4 Å². The van der Waals surface area contributed by atoms with Crippen molar-refractivity contribution in [1.82, 2.24) is 10.2 Å². The van der Waals surface area contributed by atoms with Crippen LogP contribution in [0.4, 0.5) is 0 Å². The van der Waals surface area contributed by atoms with Crippen molar-refractivity contribution in [3.8, 4) is 0 Å². The van der Waals surface area contributed by atoms with Crippen molar-refractivity contribution < 1.29 is 4.74 Å². The number of rotatable bonds is 7. The number of ether oxygens (including phenoxy) is 1. The molecule has 3 nitrogen and oxygen atoms in total. The molecule has 0 aliphatic carbocycles. The molecule has 1 aliphatic heterocycles. The summed E-state index contributed by atoms with van der Waals surface area (Å²) in [7, 11) is 1.78. The minimum atomic E-state index is 0.690. The van der Waals surface area contributed by atoms with E-state index in [2.05, 4.69) is 31.0 Å². The zero-order chi connectivity index (χ0) is 12.7. The molecule has 3 unspecified atom stereocenters. The van der Waals surface area contributed by atoms with E-state index in [9.17, 15) is 0 Å². The first kappa shape index (κ1) is 14.9. The van der Waals surface area contributed by atoms with E-state index in [4.69, 9.17) is 4.74 Å². The molecule has 0 aromatic heterocycles. The summed E-state index contributed by atoms with van der Waals surface area (Å²) in [6, 6.07) is 1.40. The van der Waals surface area contributed by atoms with Crippen molar-refractivity contribution in [3.05, 3.63) is 0 Å². The third kappa shape index (κ3) is 4.57. The van der Waals surface area contributed by atoms with Crippen LogP contribution in [0.5, 0.6) is 0 Å². The molecule has 0 bridgehead atoms. The average molecular weight is 242 g/mol. The zero-order valence-corrected chi connectivity index (χ0v) is 12.0.